The highest BCUT2D eigenvalue weighted by molar-refractivity contribution is 7.71. The minimum atomic E-state index is -0.715. The number of para-hydroxylation sites is 1. The Hall–Kier alpha value is -3.71. The molecule has 0 saturated carbocycles. The van der Waals surface area contributed by atoms with E-state index in [0.717, 1.165) is 0 Å². The van der Waals surface area contributed by atoms with Gasteiger partial charge in [-0.1, -0.05) is 18.2 Å². The van der Waals surface area contributed by atoms with E-state index in [1.165, 1.54) is 17.9 Å². The van der Waals surface area contributed by atoms with E-state index in [1.807, 2.05) is 6.07 Å². The van der Waals surface area contributed by atoms with Gasteiger partial charge in [-0.05, 0) is 18.3 Å². The number of anilines is 1. The van der Waals surface area contributed by atoms with Crippen LogP contribution in [0.1, 0.15) is 16.1 Å². The molecule has 10 heteroatoms. The van der Waals surface area contributed by atoms with Gasteiger partial charge in [-0.3, -0.25) is 14.9 Å². The number of nitrogens with zero attached hydrogens (tertiary/aromatic N) is 3. The quantitative estimate of drug-likeness (QED) is 0.470. The molecular formula is C16H12N6O3S. The molecule has 0 atom stereocenters. The number of carbonyl (C=O) groups excluding carboxylic acids is 1. The van der Waals surface area contributed by atoms with Gasteiger partial charge in [0.15, 0.2) is 16.2 Å². The molecule has 0 saturated heterocycles. The Morgan fingerprint density at radius 2 is 2.15 bits per heavy atom. The first-order valence-corrected chi connectivity index (χ1v) is 7.66. The number of aromatic amines is 2. The molecule has 2 heterocycles. The summed E-state index contributed by atoms with van der Waals surface area (Å²) in [6.07, 6.45) is 1.40. The summed E-state index contributed by atoms with van der Waals surface area (Å²) in [6, 6.07) is 8.65. The Balaban J connectivity index is 2.34. The van der Waals surface area contributed by atoms with Crippen molar-refractivity contribution in [1.82, 2.24) is 19.7 Å². The molecule has 0 aliphatic heterocycles. The first-order valence-electron chi connectivity index (χ1n) is 7.26. The second kappa shape index (κ2) is 6.66. The van der Waals surface area contributed by atoms with Crippen molar-refractivity contribution in [3.05, 3.63) is 56.8 Å². The molecule has 2 aromatic heterocycles. The van der Waals surface area contributed by atoms with Gasteiger partial charge < -0.3 is 15.0 Å². The summed E-state index contributed by atoms with van der Waals surface area (Å²) >= 11 is 4.85. The Labute approximate surface area is 151 Å². The number of benzene rings is 1. The van der Waals surface area contributed by atoms with Crippen LogP contribution in [0.15, 0.2) is 35.3 Å². The maximum Gasteiger partial charge on any atom is 0.357 e. The second-order valence-electron chi connectivity index (χ2n) is 5.15. The van der Waals surface area contributed by atoms with Crippen molar-refractivity contribution in [2.45, 2.75) is 0 Å². The fraction of sp³-hybridized carbons (Fsp3) is 0.0625. The lowest BCUT2D eigenvalue weighted by atomic mass is 10.1. The highest BCUT2D eigenvalue weighted by Crippen LogP contribution is 2.29. The largest absolute Gasteiger partial charge is 0.464 e. The maximum absolute atomic E-state index is 12.2. The number of nitrogens with one attached hydrogen (secondary N) is 2. The number of esters is 1. The first kappa shape index (κ1) is 17.1. The second-order valence-corrected chi connectivity index (χ2v) is 5.56. The van der Waals surface area contributed by atoms with Gasteiger partial charge in [0, 0.05) is 11.8 Å². The van der Waals surface area contributed by atoms with Crippen LogP contribution in [0.5, 0.6) is 0 Å². The number of nitrogens with two attached hydrogens (primary N) is 1. The normalized spacial score (nSPS) is 10.3. The first-order chi connectivity index (χ1) is 12.5. The van der Waals surface area contributed by atoms with Crippen molar-refractivity contribution in [2.24, 2.45) is 0 Å². The molecular weight excluding hydrogens is 356 g/mol. The van der Waals surface area contributed by atoms with E-state index in [1.54, 1.807) is 24.3 Å². The van der Waals surface area contributed by atoms with E-state index in [2.05, 4.69) is 15.2 Å². The van der Waals surface area contributed by atoms with Crippen LogP contribution in [-0.4, -0.2) is 32.8 Å². The number of nitrogen functional groups attached to an aromatic ring is 1. The molecule has 1 aromatic carbocycles. The topological polar surface area (TPSA) is 143 Å². The van der Waals surface area contributed by atoms with Crippen molar-refractivity contribution < 1.29 is 9.53 Å². The summed E-state index contributed by atoms with van der Waals surface area (Å²) in [4.78, 5) is 26.9. The van der Waals surface area contributed by atoms with Crippen molar-refractivity contribution in [3.63, 3.8) is 0 Å². The van der Waals surface area contributed by atoms with E-state index in [0.29, 0.717) is 11.3 Å². The van der Waals surface area contributed by atoms with Crippen LogP contribution < -0.4 is 11.3 Å². The smallest absolute Gasteiger partial charge is 0.357 e. The van der Waals surface area contributed by atoms with Gasteiger partial charge in [-0.25, -0.2) is 4.79 Å². The minimum Gasteiger partial charge on any atom is -0.464 e. The Morgan fingerprint density at radius 1 is 1.42 bits per heavy atom. The molecule has 0 aliphatic rings. The van der Waals surface area contributed by atoms with Gasteiger partial charge in [-0.15, -0.1) is 0 Å². The fourth-order valence-corrected chi connectivity index (χ4v) is 2.66. The molecule has 0 unspecified atom stereocenters. The lowest BCUT2D eigenvalue weighted by Gasteiger charge is -2.12. The number of nitriles is 1. The van der Waals surface area contributed by atoms with Crippen LogP contribution in [0.4, 0.5) is 5.69 Å². The van der Waals surface area contributed by atoms with E-state index >= 15 is 0 Å². The van der Waals surface area contributed by atoms with Crippen LogP contribution in [0, 0.1) is 16.1 Å². The zero-order valence-electron chi connectivity index (χ0n) is 13.4. The van der Waals surface area contributed by atoms with E-state index in [9.17, 15) is 14.9 Å². The third kappa shape index (κ3) is 2.76. The van der Waals surface area contributed by atoms with E-state index < -0.39 is 11.5 Å². The lowest BCUT2D eigenvalue weighted by Crippen LogP contribution is -2.16. The monoisotopic (exact) mass is 368 g/mol. The Bertz CT molecular complexity index is 1170. The molecule has 0 bridgehead atoms. The number of rotatable bonds is 3. The SMILES string of the molecule is COC(=O)c1c(N)c(C#N)cn1-c1ccccc1-c1n[nH]c(=S)[nH]c1=O. The Kier molecular flexibility index (Phi) is 4.38. The molecule has 9 nitrogen and oxygen atoms in total. The number of ether oxygens (including phenoxy) is 1. The number of aromatic nitrogens is 4. The zero-order chi connectivity index (χ0) is 18.8. The summed E-state index contributed by atoms with van der Waals surface area (Å²) < 4.78 is 6.26. The van der Waals surface area contributed by atoms with Gasteiger partial charge in [0.05, 0.1) is 24.0 Å². The third-order valence-corrected chi connectivity index (χ3v) is 3.87. The van der Waals surface area contributed by atoms with Crippen molar-refractivity contribution in [3.8, 4) is 23.0 Å². The van der Waals surface area contributed by atoms with Gasteiger partial charge in [0.1, 0.15) is 6.07 Å². The third-order valence-electron chi connectivity index (χ3n) is 3.67. The minimum absolute atomic E-state index is 0.0107. The maximum atomic E-state index is 12.2. The molecule has 0 radical (unpaired) electrons. The number of hydrogen-bond acceptors (Lipinski definition) is 7. The molecule has 0 fully saturated rings. The molecule has 3 aromatic rings. The standard InChI is InChI=1S/C16H12N6O3S/c1-25-15(24)13-11(18)8(6-17)7-22(13)10-5-3-2-4-9(10)12-14(23)19-16(26)21-20-12/h2-5,7H,18H2,1H3,(H2,19,21,23,26). The molecule has 130 valence electrons. The predicted octanol–water partition coefficient (Wildman–Crippen LogP) is 1.53. The van der Waals surface area contributed by atoms with Crippen LogP contribution in [-0.2, 0) is 4.74 Å². The summed E-state index contributed by atoms with van der Waals surface area (Å²) in [5, 5.41) is 15.7. The van der Waals surface area contributed by atoms with Crippen LogP contribution >= 0.6 is 12.2 Å². The number of methoxy groups -OCH3 is 1. The van der Waals surface area contributed by atoms with Crippen LogP contribution in [0.2, 0.25) is 0 Å². The predicted molar refractivity (Wildman–Crippen MR) is 95.3 cm³/mol. The van der Waals surface area contributed by atoms with Crippen LogP contribution in [0.3, 0.4) is 0 Å². The molecule has 0 amide bonds. The molecule has 3 rings (SSSR count). The zero-order valence-corrected chi connectivity index (χ0v) is 14.3. The van der Waals surface area contributed by atoms with Crippen molar-refractivity contribution >= 4 is 23.9 Å². The van der Waals surface area contributed by atoms with Crippen LogP contribution in [0.25, 0.3) is 16.9 Å². The average molecular weight is 368 g/mol. The summed E-state index contributed by atoms with van der Waals surface area (Å²) in [7, 11) is 1.21. The van der Waals surface area contributed by atoms with Crippen molar-refractivity contribution in [2.75, 3.05) is 12.8 Å². The van der Waals surface area contributed by atoms with Gasteiger partial charge in [0.25, 0.3) is 5.56 Å². The summed E-state index contributed by atoms with van der Waals surface area (Å²) in [5.41, 5.74) is 6.39. The molecule has 0 spiro atoms. The van der Waals surface area contributed by atoms with Gasteiger partial charge in [0.2, 0.25) is 0 Å². The summed E-state index contributed by atoms with van der Waals surface area (Å²) in [6.45, 7) is 0. The van der Waals surface area contributed by atoms with Gasteiger partial charge in [-0.2, -0.15) is 10.4 Å². The van der Waals surface area contributed by atoms with E-state index in [-0.39, 0.29) is 27.4 Å². The number of hydrogen-bond donors (Lipinski definition) is 3. The number of H-pyrrole nitrogens is 2. The highest BCUT2D eigenvalue weighted by Gasteiger charge is 2.23. The molecule has 4 N–H and O–H groups in total. The Morgan fingerprint density at radius 3 is 2.81 bits per heavy atom. The molecule has 26 heavy (non-hydrogen) atoms. The van der Waals surface area contributed by atoms with Crippen molar-refractivity contribution in [1.29, 1.82) is 5.26 Å². The molecule has 0 aliphatic carbocycles. The van der Waals surface area contributed by atoms with Gasteiger partial charge >= 0.3 is 5.97 Å². The van der Waals surface area contributed by atoms with E-state index in [4.69, 9.17) is 22.7 Å². The average Bonchev–Trinajstić information content (AvgIpc) is 2.97. The fourth-order valence-electron chi connectivity index (χ4n) is 2.52. The number of carbonyl (C=O) groups is 1. The highest BCUT2D eigenvalue weighted by atomic mass is 32.1. The summed E-state index contributed by atoms with van der Waals surface area (Å²) in [5.74, 6) is -0.715. The lowest BCUT2D eigenvalue weighted by molar-refractivity contribution is 0.0593.